The minimum absolute atomic E-state index is 0.0981. The summed E-state index contributed by atoms with van der Waals surface area (Å²) >= 11 is 0. The number of esters is 1. The van der Waals surface area contributed by atoms with Gasteiger partial charge in [-0.05, 0) is 51.1 Å². The largest absolute Gasteiger partial charge is 0.493 e. The molecule has 0 heterocycles. The normalized spacial score (nSPS) is 11.5. The predicted octanol–water partition coefficient (Wildman–Crippen LogP) is 7.30. The van der Waals surface area contributed by atoms with E-state index in [0.717, 1.165) is 16.7 Å². The average molecular weight is 467 g/mol. The van der Waals surface area contributed by atoms with Crippen molar-refractivity contribution < 1.29 is 19.0 Å². The molecule has 4 rings (SSSR count). The highest BCUT2D eigenvalue weighted by atomic mass is 16.6. The minimum Gasteiger partial charge on any atom is -0.493 e. The second-order valence-electron chi connectivity index (χ2n) is 9.32. The average Bonchev–Trinajstić information content (AvgIpc) is 2.86. The standard InChI is InChI=1S/C31H30O4/c1-31(2,3)26-14-7-8-15-27(26)34-21-30(32)35-28-19-17-22(20-29(28)33-4)16-18-24-12-9-11-23-10-5-6-13-25(23)24/h5-20H,21H2,1-4H3/b18-16+. The monoisotopic (exact) mass is 466 g/mol. The van der Waals surface area contributed by atoms with Crippen LogP contribution in [-0.2, 0) is 10.2 Å². The maximum Gasteiger partial charge on any atom is 0.349 e. The molecule has 0 bridgehead atoms. The van der Waals surface area contributed by atoms with Crippen LogP contribution in [0.5, 0.6) is 17.2 Å². The molecule has 0 atom stereocenters. The Morgan fingerprint density at radius 1 is 0.800 bits per heavy atom. The van der Waals surface area contributed by atoms with Gasteiger partial charge in [-0.1, -0.05) is 99.7 Å². The third-order valence-corrected chi connectivity index (χ3v) is 5.73. The molecule has 4 aromatic carbocycles. The molecule has 0 fully saturated rings. The van der Waals surface area contributed by atoms with Crippen molar-refractivity contribution in [2.45, 2.75) is 26.2 Å². The van der Waals surface area contributed by atoms with Gasteiger partial charge in [0.25, 0.3) is 0 Å². The number of hydrogen-bond donors (Lipinski definition) is 0. The highest BCUT2D eigenvalue weighted by molar-refractivity contribution is 5.92. The molecule has 178 valence electrons. The molecule has 0 saturated carbocycles. The third-order valence-electron chi connectivity index (χ3n) is 5.73. The number of hydrogen-bond acceptors (Lipinski definition) is 4. The summed E-state index contributed by atoms with van der Waals surface area (Å²) in [6, 6.07) is 27.7. The van der Waals surface area contributed by atoms with Crippen LogP contribution >= 0.6 is 0 Å². The van der Waals surface area contributed by atoms with E-state index in [1.54, 1.807) is 13.2 Å². The predicted molar refractivity (Wildman–Crippen MR) is 142 cm³/mol. The fourth-order valence-electron chi connectivity index (χ4n) is 3.95. The van der Waals surface area contributed by atoms with E-state index < -0.39 is 5.97 Å². The first-order valence-corrected chi connectivity index (χ1v) is 11.6. The van der Waals surface area contributed by atoms with Crippen molar-refractivity contribution in [3.05, 3.63) is 102 Å². The van der Waals surface area contributed by atoms with E-state index in [0.29, 0.717) is 17.2 Å². The molecule has 35 heavy (non-hydrogen) atoms. The Bertz CT molecular complexity index is 1360. The number of benzene rings is 4. The molecule has 0 aromatic heterocycles. The first-order valence-electron chi connectivity index (χ1n) is 11.6. The van der Waals surface area contributed by atoms with Gasteiger partial charge in [0.05, 0.1) is 7.11 Å². The summed E-state index contributed by atoms with van der Waals surface area (Å²) in [6.07, 6.45) is 4.09. The van der Waals surface area contributed by atoms with Gasteiger partial charge in [0.1, 0.15) is 5.75 Å². The molecule has 4 nitrogen and oxygen atoms in total. The van der Waals surface area contributed by atoms with Crippen LogP contribution in [0.2, 0.25) is 0 Å². The summed E-state index contributed by atoms with van der Waals surface area (Å²) in [5.41, 5.74) is 3.00. The molecule has 0 saturated heterocycles. The zero-order chi connectivity index (χ0) is 24.8. The highest BCUT2D eigenvalue weighted by Gasteiger charge is 2.19. The number of methoxy groups -OCH3 is 1. The number of para-hydroxylation sites is 1. The van der Waals surface area contributed by atoms with E-state index in [2.05, 4.69) is 51.1 Å². The van der Waals surface area contributed by atoms with Gasteiger partial charge < -0.3 is 14.2 Å². The van der Waals surface area contributed by atoms with Crippen molar-refractivity contribution in [3.63, 3.8) is 0 Å². The van der Waals surface area contributed by atoms with E-state index in [4.69, 9.17) is 14.2 Å². The van der Waals surface area contributed by atoms with Gasteiger partial charge in [-0.25, -0.2) is 4.79 Å². The molecule has 0 N–H and O–H groups in total. The van der Waals surface area contributed by atoms with Crippen molar-refractivity contribution in [3.8, 4) is 17.2 Å². The number of fused-ring (bicyclic) bond motifs is 1. The Morgan fingerprint density at radius 3 is 2.34 bits per heavy atom. The lowest BCUT2D eigenvalue weighted by Crippen LogP contribution is -2.20. The lowest BCUT2D eigenvalue weighted by atomic mass is 9.86. The Balaban J connectivity index is 1.45. The van der Waals surface area contributed by atoms with Crippen LogP contribution < -0.4 is 14.2 Å². The second kappa shape index (κ2) is 10.5. The van der Waals surface area contributed by atoms with Crippen LogP contribution in [0.15, 0.2) is 84.9 Å². The van der Waals surface area contributed by atoms with Crippen LogP contribution in [0, 0.1) is 0 Å². The SMILES string of the molecule is COc1cc(/C=C/c2cccc3ccccc23)ccc1OC(=O)COc1ccccc1C(C)(C)C. The van der Waals surface area contributed by atoms with Gasteiger partial charge >= 0.3 is 5.97 Å². The second-order valence-corrected chi connectivity index (χ2v) is 9.32. The van der Waals surface area contributed by atoms with Crippen molar-refractivity contribution in [1.29, 1.82) is 0 Å². The Hall–Kier alpha value is -4.05. The zero-order valence-corrected chi connectivity index (χ0v) is 20.6. The summed E-state index contributed by atoms with van der Waals surface area (Å²) < 4.78 is 16.8. The molecular weight excluding hydrogens is 436 g/mol. The van der Waals surface area contributed by atoms with E-state index in [1.807, 2.05) is 60.7 Å². The molecule has 0 aliphatic heterocycles. The maximum atomic E-state index is 12.5. The molecule has 0 amide bonds. The number of ether oxygens (including phenoxy) is 3. The summed E-state index contributed by atoms with van der Waals surface area (Å²) in [6.45, 7) is 6.12. The van der Waals surface area contributed by atoms with E-state index in [-0.39, 0.29) is 12.0 Å². The van der Waals surface area contributed by atoms with Crippen LogP contribution in [0.3, 0.4) is 0 Å². The first kappa shape index (κ1) is 24.1. The number of rotatable bonds is 7. The Kier molecular flexibility index (Phi) is 7.21. The fourth-order valence-corrected chi connectivity index (χ4v) is 3.95. The van der Waals surface area contributed by atoms with E-state index in [9.17, 15) is 4.79 Å². The minimum atomic E-state index is -0.494. The first-order chi connectivity index (χ1) is 16.8. The molecule has 0 aliphatic rings. The summed E-state index contributed by atoms with van der Waals surface area (Å²) in [4.78, 5) is 12.5. The van der Waals surface area contributed by atoms with Gasteiger partial charge in [0.2, 0.25) is 0 Å². The number of carbonyl (C=O) groups is 1. The number of carbonyl (C=O) groups excluding carboxylic acids is 1. The van der Waals surface area contributed by atoms with Crippen LogP contribution in [-0.4, -0.2) is 19.7 Å². The molecule has 0 radical (unpaired) electrons. The smallest absolute Gasteiger partial charge is 0.349 e. The van der Waals surface area contributed by atoms with Gasteiger partial charge in [-0.2, -0.15) is 0 Å². The van der Waals surface area contributed by atoms with Crippen LogP contribution in [0.1, 0.15) is 37.5 Å². The Morgan fingerprint density at radius 2 is 1.54 bits per heavy atom. The van der Waals surface area contributed by atoms with E-state index in [1.165, 1.54) is 10.8 Å². The topological polar surface area (TPSA) is 44.8 Å². The van der Waals surface area contributed by atoms with Crippen molar-refractivity contribution in [2.24, 2.45) is 0 Å². The Labute approximate surface area is 206 Å². The van der Waals surface area contributed by atoms with Gasteiger partial charge in [0.15, 0.2) is 18.1 Å². The lowest BCUT2D eigenvalue weighted by molar-refractivity contribution is -0.136. The van der Waals surface area contributed by atoms with Crippen molar-refractivity contribution in [2.75, 3.05) is 13.7 Å². The van der Waals surface area contributed by atoms with Crippen LogP contribution in [0.25, 0.3) is 22.9 Å². The molecule has 4 heteroatoms. The highest BCUT2D eigenvalue weighted by Crippen LogP contribution is 2.32. The van der Waals surface area contributed by atoms with Gasteiger partial charge in [0, 0.05) is 0 Å². The van der Waals surface area contributed by atoms with Gasteiger partial charge in [-0.15, -0.1) is 0 Å². The molecular formula is C31H30O4. The summed E-state index contributed by atoms with van der Waals surface area (Å²) in [7, 11) is 1.56. The zero-order valence-electron chi connectivity index (χ0n) is 20.6. The molecule has 4 aromatic rings. The summed E-state index contributed by atoms with van der Waals surface area (Å²) in [5.74, 6) is 1.02. The fraction of sp³-hybridized carbons (Fsp3) is 0.194. The quantitative estimate of drug-likeness (QED) is 0.163. The maximum absolute atomic E-state index is 12.5. The molecule has 0 aliphatic carbocycles. The van der Waals surface area contributed by atoms with Gasteiger partial charge in [-0.3, -0.25) is 0 Å². The summed E-state index contributed by atoms with van der Waals surface area (Å²) in [5, 5.41) is 2.39. The molecule has 0 spiro atoms. The lowest BCUT2D eigenvalue weighted by Gasteiger charge is -2.22. The van der Waals surface area contributed by atoms with Crippen LogP contribution in [0.4, 0.5) is 0 Å². The van der Waals surface area contributed by atoms with Crippen molar-refractivity contribution >= 4 is 28.9 Å². The third kappa shape index (κ3) is 5.90. The molecule has 0 unspecified atom stereocenters. The van der Waals surface area contributed by atoms with Crippen molar-refractivity contribution in [1.82, 2.24) is 0 Å². The van der Waals surface area contributed by atoms with E-state index >= 15 is 0 Å².